The summed E-state index contributed by atoms with van der Waals surface area (Å²) in [7, 11) is 0. The van der Waals surface area contributed by atoms with Crippen LogP contribution in [0.25, 0.3) is 0 Å². The van der Waals surface area contributed by atoms with Crippen LogP contribution >= 0.6 is 0 Å². The lowest BCUT2D eigenvalue weighted by Crippen LogP contribution is -2.53. The summed E-state index contributed by atoms with van der Waals surface area (Å²) in [5, 5.41) is 0. The fourth-order valence-electron chi connectivity index (χ4n) is 4.45. The molecule has 3 aliphatic rings. The van der Waals surface area contributed by atoms with E-state index in [1.54, 1.807) is 11.8 Å². The highest BCUT2D eigenvalue weighted by molar-refractivity contribution is 5.81. The molecule has 3 fully saturated rings. The molecule has 0 aromatic heterocycles. The van der Waals surface area contributed by atoms with Gasteiger partial charge in [0.2, 0.25) is 17.7 Å². The maximum Gasteiger partial charge on any atom is 0.225 e. The van der Waals surface area contributed by atoms with E-state index in [-0.39, 0.29) is 23.7 Å². The summed E-state index contributed by atoms with van der Waals surface area (Å²) in [6, 6.07) is 0. The van der Waals surface area contributed by atoms with Gasteiger partial charge in [-0.25, -0.2) is 0 Å². The van der Waals surface area contributed by atoms with Crippen LogP contribution in [-0.2, 0) is 14.4 Å². The molecule has 1 saturated carbocycles. The van der Waals surface area contributed by atoms with Crippen molar-refractivity contribution < 1.29 is 14.4 Å². The zero-order chi connectivity index (χ0) is 17.8. The third-order valence-electron chi connectivity index (χ3n) is 6.15. The molecule has 0 spiro atoms. The summed E-state index contributed by atoms with van der Waals surface area (Å²) in [5.74, 6) is 0.884. The Kier molecular flexibility index (Phi) is 5.97. The average molecular weight is 349 g/mol. The van der Waals surface area contributed by atoms with Gasteiger partial charge in [0.15, 0.2) is 0 Å². The quantitative estimate of drug-likeness (QED) is 0.759. The highest BCUT2D eigenvalue weighted by Gasteiger charge is 2.34. The van der Waals surface area contributed by atoms with Crippen molar-refractivity contribution in [1.29, 1.82) is 0 Å². The van der Waals surface area contributed by atoms with Crippen LogP contribution in [0.15, 0.2) is 0 Å². The fraction of sp³-hybridized carbons (Fsp3) is 0.842. The normalized spacial score (nSPS) is 23.6. The van der Waals surface area contributed by atoms with Gasteiger partial charge in [-0.05, 0) is 25.7 Å². The van der Waals surface area contributed by atoms with Crippen molar-refractivity contribution in [1.82, 2.24) is 14.7 Å². The molecule has 3 rings (SSSR count). The highest BCUT2D eigenvalue weighted by atomic mass is 16.2. The fourth-order valence-corrected chi connectivity index (χ4v) is 4.45. The predicted octanol–water partition coefficient (Wildman–Crippen LogP) is 1.50. The van der Waals surface area contributed by atoms with E-state index in [1.165, 1.54) is 19.3 Å². The molecule has 0 bridgehead atoms. The summed E-state index contributed by atoms with van der Waals surface area (Å²) in [5.41, 5.74) is 0. The van der Waals surface area contributed by atoms with Crippen molar-refractivity contribution >= 4 is 17.7 Å². The minimum Gasteiger partial charge on any atom is -0.342 e. The third kappa shape index (κ3) is 4.33. The lowest BCUT2D eigenvalue weighted by molar-refractivity contribution is -0.145. The van der Waals surface area contributed by atoms with Crippen molar-refractivity contribution in [3.63, 3.8) is 0 Å². The molecular weight excluding hydrogens is 318 g/mol. The largest absolute Gasteiger partial charge is 0.342 e. The van der Waals surface area contributed by atoms with Gasteiger partial charge in [0, 0.05) is 58.0 Å². The van der Waals surface area contributed by atoms with E-state index in [0.29, 0.717) is 32.1 Å². The van der Waals surface area contributed by atoms with E-state index in [1.807, 2.05) is 9.80 Å². The molecule has 0 unspecified atom stereocenters. The SMILES string of the molecule is CC(=O)N1CCN(C(=O)C2CCN(C(=O)C3CCCCC3)CC2)CC1. The van der Waals surface area contributed by atoms with Gasteiger partial charge in [0.1, 0.15) is 0 Å². The zero-order valence-corrected chi connectivity index (χ0v) is 15.4. The number of nitrogens with zero attached hydrogens (tertiary/aromatic N) is 3. The summed E-state index contributed by atoms with van der Waals surface area (Å²) < 4.78 is 0. The topological polar surface area (TPSA) is 60.9 Å². The van der Waals surface area contributed by atoms with Crippen molar-refractivity contribution in [3.8, 4) is 0 Å². The Morgan fingerprint density at radius 3 is 1.56 bits per heavy atom. The molecule has 2 heterocycles. The molecule has 25 heavy (non-hydrogen) atoms. The highest BCUT2D eigenvalue weighted by Crippen LogP contribution is 2.28. The molecule has 0 aromatic rings. The molecule has 0 atom stereocenters. The molecule has 0 aromatic carbocycles. The molecular formula is C19H31N3O3. The minimum absolute atomic E-state index is 0.0410. The average Bonchev–Trinajstić information content (AvgIpc) is 2.67. The number of carbonyl (C=O) groups is 3. The number of amides is 3. The molecule has 3 amide bonds. The lowest BCUT2D eigenvalue weighted by atomic mass is 9.87. The molecule has 0 N–H and O–H groups in total. The second kappa shape index (κ2) is 8.19. The maximum atomic E-state index is 12.7. The first-order valence-corrected chi connectivity index (χ1v) is 9.89. The number of carbonyl (C=O) groups excluding carboxylic acids is 3. The standard InChI is InChI=1S/C19H31N3O3/c1-15(23)20-11-13-22(14-12-20)19(25)17-7-9-21(10-8-17)18(24)16-5-3-2-4-6-16/h16-17H,2-14H2,1H3. The van der Waals surface area contributed by atoms with Crippen molar-refractivity contribution in [3.05, 3.63) is 0 Å². The van der Waals surface area contributed by atoms with Crippen LogP contribution in [0.4, 0.5) is 0 Å². The molecule has 1 aliphatic carbocycles. The number of likely N-dealkylation sites (tertiary alicyclic amines) is 1. The Morgan fingerprint density at radius 1 is 0.600 bits per heavy atom. The van der Waals surface area contributed by atoms with Crippen LogP contribution in [0.5, 0.6) is 0 Å². The van der Waals surface area contributed by atoms with E-state index >= 15 is 0 Å². The maximum absolute atomic E-state index is 12.7. The van der Waals surface area contributed by atoms with E-state index < -0.39 is 0 Å². The van der Waals surface area contributed by atoms with Crippen LogP contribution in [0.2, 0.25) is 0 Å². The predicted molar refractivity (Wildman–Crippen MR) is 94.7 cm³/mol. The van der Waals surface area contributed by atoms with Gasteiger partial charge in [-0.15, -0.1) is 0 Å². The minimum atomic E-state index is 0.0410. The van der Waals surface area contributed by atoms with Crippen LogP contribution in [0.1, 0.15) is 51.9 Å². The van der Waals surface area contributed by atoms with Gasteiger partial charge in [-0.1, -0.05) is 19.3 Å². The van der Waals surface area contributed by atoms with Crippen molar-refractivity contribution in [2.24, 2.45) is 11.8 Å². The number of hydrogen-bond acceptors (Lipinski definition) is 3. The summed E-state index contributed by atoms with van der Waals surface area (Å²) in [6.45, 7) is 5.58. The Bertz CT molecular complexity index is 500. The van der Waals surface area contributed by atoms with Crippen LogP contribution in [0.3, 0.4) is 0 Å². The molecule has 6 heteroatoms. The van der Waals surface area contributed by atoms with Gasteiger partial charge in [-0.3, -0.25) is 14.4 Å². The van der Waals surface area contributed by atoms with E-state index in [2.05, 4.69) is 0 Å². The third-order valence-corrected chi connectivity index (χ3v) is 6.15. The molecule has 2 aliphatic heterocycles. The number of rotatable bonds is 2. The second-order valence-corrected chi connectivity index (χ2v) is 7.77. The number of piperazine rings is 1. The van der Waals surface area contributed by atoms with Gasteiger partial charge in [-0.2, -0.15) is 0 Å². The Balaban J connectivity index is 1.45. The van der Waals surface area contributed by atoms with Gasteiger partial charge in [0.25, 0.3) is 0 Å². The Morgan fingerprint density at radius 2 is 1.04 bits per heavy atom. The van der Waals surface area contributed by atoms with E-state index in [4.69, 9.17) is 0 Å². The Labute approximate surface area is 150 Å². The van der Waals surface area contributed by atoms with E-state index in [0.717, 1.165) is 38.8 Å². The van der Waals surface area contributed by atoms with E-state index in [9.17, 15) is 14.4 Å². The van der Waals surface area contributed by atoms with Gasteiger partial charge >= 0.3 is 0 Å². The first-order chi connectivity index (χ1) is 12.1. The van der Waals surface area contributed by atoms with Gasteiger partial charge < -0.3 is 14.7 Å². The smallest absolute Gasteiger partial charge is 0.225 e. The summed E-state index contributed by atoms with van der Waals surface area (Å²) in [4.78, 5) is 42.4. The van der Waals surface area contributed by atoms with Crippen LogP contribution in [-0.4, -0.2) is 71.7 Å². The van der Waals surface area contributed by atoms with Crippen LogP contribution < -0.4 is 0 Å². The number of piperidine rings is 1. The molecule has 140 valence electrons. The Hall–Kier alpha value is -1.59. The van der Waals surface area contributed by atoms with Crippen LogP contribution in [0, 0.1) is 11.8 Å². The van der Waals surface area contributed by atoms with Crippen molar-refractivity contribution in [2.75, 3.05) is 39.3 Å². The first kappa shape index (κ1) is 18.2. The molecule has 0 radical (unpaired) electrons. The summed E-state index contributed by atoms with van der Waals surface area (Å²) in [6.07, 6.45) is 7.26. The zero-order valence-electron chi connectivity index (χ0n) is 15.4. The molecule has 6 nitrogen and oxygen atoms in total. The number of hydrogen-bond donors (Lipinski definition) is 0. The van der Waals surface area contributed by atoms with Gasteiger partial charge in [0.05, 0.1) is 0 Å². The summed E-state index contributed by atoms with van der Waals surface area (Å²) >= 11 is 0. The monoisotopic (exact) mass is 349 g/mol. The molecule has 2 saturated heterocycles. The van der Waals surface area contributed by atoms with Crippen molar-refractivity contribution in [2.45, 2.75) is 51.9 Å². The second-order valence-electron chi connectivity index (χ2n) is 7.77. The lowest BCUT2D eigenvalue weighted by Gasteiger charge is -2.39. The first-order valence-electron chi connectivity index (χ1n) is 9.89.